The van der Waals surface area contributed by atoms with Crippen LogP contribution in [0.3, 0.4) is 0 Å². The van der Waals surface area contributed by atoms with E-state index in [4.69, 9.17) is 22.5 Å². The predicted molar refractivity (Wildman–Crippen MR) is 83.1 cm³/mol. The van der Waals surface area contributed by atoms with Crippen LogP contribution in [-0.2, 0) is 0 Å². The van der Waals surface area contributed by atoms with Gasteiger partial charge in [0.1, 0.15) is 0 Å². The summed E-state index contributed by atoms with van der Waals surface area (Å²) >= 11 is 5.87. The van der Waals surface area contributed by atoms with E-state index in [-0.39, 0.29) is 11.7 Å². The number of nitrogens with one attached hydrogen (secondary N) is 1. The van der Waals surface area contributed by atoms with Gasteiger partial charge in [0, 0.05) is 16.1 Å². The highest BCUT2D eigenvalue weighted by atomic mass is 35.5. The van der Waals surface area contributed by atoms with Crippen LogP contribution in [0.15, 0.2) is 47.6 Å². The molecule has 2 rings (SSSR count). The van der Waals surface area contributed by atoms with Crippen LogP contribution in [0.25, 0.3) is 0 Å². The number of benzene rings is 2. The Morgan fingerprint density at radius 1 is 1.29 bits per heavy atom. The molecule has 0 atom stereocenters. The number of amides is 1. The van der Waals surface area contributed by atoms with Gasteiger partial charge in [0.05, 0.1) is 5.69 Å². The van der Waals surface area contributed by atoms with E-state index >= 15 is 0 Å². The van der Waals surface area contributed by atoms with Gasteiger partial charge < -0.3 is 16.3 Å². The number of rotatable bonds is 3. The number of amidine groups is 1. The summed E-state index contributed by atoms with van der Waals surface area (Å²) < 4.78 is 0. The van der Waals surface area contributed by atoms with Crippen molar-refractivity contribution in [2.75, 3.05) is 5.32 Å². The zero-order valence-electron chi connectivity index (χ0n) is 11.3. The molecule has 21 heavy (non-hydrogen) atoms. The maximum Gasteiger partial charge on any atom is 0.255 e. The van der Waals surface area contributed by atoms with Crippen LogP contribution in [0.1, 0.15) is 21.5 Å². The summed E-state index contributed by atoms with van der Waals surface area (Å²) in [5.74, 6) is -0.385. The van der Waals surface area contributed by atoms with Crippen molar-refractivity contribution in [1.82, 2.24) is 0 Å². The molecule has 0 aliphatic rings. The van der Waals surface area contributed by atoms with E-state index in [1.165, 1.54) is 0 Å². The first-order chi connectivity index (χ1) is 10.0. The van der Waals surface area contributed by atoms with Crippen LogP contribution in [0, 0.1) is 6.92 Å². The van der Waals surface area contributed by atoms with E-state index in [1.54, 1.807) is 36.4 Å². The average Bonchev–Trinajstić information content (AvgIpc) is 2.46. The van der Waals surface area contributed by atoms with Gasteiger partial charge in [-0.15, -0.1) is 0 Å². The molecule has 0 radical (unpaired) electrons. The van der Waals surface area contributed by atoms with E-state index in [0.29, 0.717) is 21.8 Å². The Labute approximate surface area is 127 Å². The zero-order chi connectivity index (χ0) is 15.4. The molecule has 2 aromatic carbocycles. The Morgan fingerprint density at radius 2 is 2.00 bits per heavy atom. The highest BCUT2D eigenvalue weighted by Gasteiger charge is 2.13. The van der Waals surface area contributed by atoms with Crippen LogP contribution in [0.2, 0.25) is 5.02 Å². The molecule has 0 saturated heterocycles. The Kier molecular flexibility index (Phi) is 4.45. The minimum atomic E-state index is -0.324. The van der Waals surface area contributed by atoms with Gasteiger partial charge in [-0.3, -0.25) is 4.79 Å². The van der Waals surface area contributed by atoms with E-state index in [2.05, 4.69) is 10.5 Å². The van der Waals surface area contributed by atoms with Gasteiger partial charge in [-0.1, -0.05) is 35.0 Å². The molecule has 4 N–H and O–H groups in total. The quantitative estimate of drug-likeness (QED) is 0.352. The molecule has 108 valence electrons. The molecule has 0 aromatic heterocycles. The van der Waals surface area contributed by atoms with Gasteiger partial charge in [-0.2, -0.15) is 0 Å². The Bertz CT molecular complexity index is 714. The molecular formula is C15H14ClN3O2. The van der Waals surface area contributed by atoms with Crippen molar-refractivity contribution in [3.63, 3.8) is 0 Å². The lowest BCUT2D eigenvalue weighted by Crippen LogP contribution is -2.20. The van der Waals surface area contributed by atoms with Gasteiger partial charge >= 0.3 is 0 Å². The number of carbonyl (C=O) groups is 1. The van der Waals surface area contributed by atoms with Crippen LogP contribution in [-0.4, -0.2) is 17.0 Å². The fourth-order valence-corrected chi connectivity index (χ4v) is 2.18. The summed E-state index contributed by atoms with van der Waals surface area (Å²) in [7, 11) is 0. The third kappa shape index (κ3) is 3.32. The fraction of sp³-hybridized carbons (Fsp3) is 0.0667. The number of carbonyl (C=O) groups excluding carboxylic acids is 1. The summed E-state index contributed by atoms with van der Waals surface area (Å²) in [5, 5.41) is 15.1. The predicted octanol–water partition coefficient (Wildman–Crippen LogP) is 3.00. The largest absolute Gasteiger partial charge is 0.409 e. The highest BCUT2D eigenvalue weighted by Crippen LogP contribution is 2.20. The molecule has 1 amide bonds. The maximum atomic E-state index is 12.2. The second-order valence-electron chi connectivity index (χ2n) is 4.45. The van der Waals surface area contributed by atoms with Gasteiger partial charge in [-0.05, 0) is 36.8 Å². The smallest absolute Gasteiger partial charge is 0.255 e. The zero-order valence-corrected chi connectivity index (χ0v) is 12.1. The minimum absolute atomic E-state index is 0.0607. The first-order valence-corrected chi connectivity index (χ1v) is 6.55. The normalized spacial score (nSPS) is 11.2. The first-order valence-electron chi connectivity index (χ1n) is 6.17. The summed E-state index contributed by atoms with van der Waals surface area (Å²) in [6, 6.07) is 11.9. The molecule has 6 heteroatoms. The third-order valence-electron chi connectivity index (χ3n) is 2.97. The van der Waals surface area contributed by atoms with E-state index < -0.39 is 0 Å². The van der Waals surface area contributed by atoms with E-state index in [9.17, 15) is 4.79 Å². The van der Waals surface area contributed by atoms with Crippen LogP contribution in [0.4, 0.5) is 5.69 Å². The van der Waals surface area contributed by atoms with Gasteiger partial charge in [-0.25, -0.2) is 0 Å². The number of halogens is 1. The van der Waals surface area contributed by atoms with Gasteiger partial charge in [0.15, 0.2) is 5.84 Å². The molecular weight excluding hydrogens is 290 g/mol. The molecule has 0 aliphatic heterocycles. The van der Waals surface area contributed by atoms with Crippen molar-refractivity contribution in [1.29, 1.82) is 0 Å². The Balaban J connectivity index is 2.36. The fourth-order valence-electron chi connectivity index (χ4n) is 1.99. The van der Waals surface area contributed by atoms with Crippen molar-refractivity contribution < 1.29 is 10.0 Å². The second-order valence-corrected chi connectivity index (χ2v) is 4.88. The molecule has 5 nitrogen and oxygen atoms in total. The lowest BCUT2D eigenvalue weighted by atomic mass is 10.1. The molecule has 0 fully saturated rings. The lowest BCUT2D eigenvalue weighted by molar-refractivity contribution is 0.102. The van der Waals surface area contributed by atoms with E-state index in [0.717, 1.165) is 5.56 Å². The monoisotopic (exact) mass is 303 g/mol. The van der Waals surface area contributed by atoms with Crippen molar-refractivity contribution in [3.8, 4) is 0 Å². The molecule has 0 heterocycles. The topological polar surface area (TPSA) is 87.7 Å². The van der Waals surface area contributed by atoms with Gasteiger partial charge in [0.25, 0.3) is 5.91 Å². The molecule has 0 aliphatic carbocycles. The Morgan fingerprint density at radius 3 is 2.67 bits per heavy atom. The SMILES string of the molecule is Cc1cccc(NC(=O)c2cccc(Cl)c2)c1/C(N)=N/O. The average molecular weight is 304 g/mol. The Hall–Kier alpha value is -2.53. The number of hydrogen-bond donors (Lipinski definition) is 3. The van der Waals surface area contributed by atoms with E-state index in [1.807, 2.05) is 13.0 Å². The summed E-state index contributed by atoms with van der Waals surface area (Å²) in [5.41, 5.74) is 7.82. The number of nitrogens with two attached hydrogens (primary N) is 1. The number of hydrogen-bond acceptors (Lipinski definition) is 3. The van der Waals surface area contributed by atoms with Crippen molar-refractivity contribution >= 4 is 29.0 Å². The number of oxime groups is 1. The maximum absolute atomic E-state index is 12.2. The third-order valence-corrected chi connectivity index (χ3v) is 3.21. The van der Waals surface area contributed by atoms with Crippen LogP contribution >= 0.6 is 11.6 Å². The van der Waals surface area contributed by atoms with Crippen molar-refractivity contribution in [3.05, 3.63) is 64.2 Å². The summed E-state index contributed by atoms with van der Waals surface area (Å²) in [6.45, 7) is 1.81. The van der Waals surface area contributed by atoms with Crippen LogP contribution in [0.5, 0.6) is 0 Å². The minimum Gasteiger partial charge on any atom is -0.409 e. The second kappa shape index (κ2) is 6.28. The van der Waals surface area contributed by atoms with Crippen LogP contribution < -0.4 is 11.1 Å². The molecule has 0 saturated carbocycles. The number of aryl methyl sites for hydroxylation is 1. The standard InChI is InChI=1S/C15H14ClN3O2/c1-9-4-2-7-12(13(9)14(17)19-21)18-15(20)10-5-3-6-11(16)8-10/h2-8,21H,1H3,(H2,17,19)(H,18,20). The summed E-state index contributed by atoms with van der Waals surface area (Å²) in [4.78, 5) is 12.2. The molecule has 0 unspecified atom stereocenters. The number of nitrogens with zero attached hydrogens (tertiary/aromatic N) is 1. The van der Waals surface area contributed by atoms with Crippen molar-refractivity contribution in [2.24, 2.45) is 10.9 Å². The van der Waals surface area contributed by atoms with Crippen molar-refractivity contribution in [2.45, 2.75) is 6.92 Å². The lowest BCUT2D eigenvalue weighted by Gasteiger charge is -2.12. The molecule has 0 spiro atoms. The highest BCUT2D eigenvalue weighted by molar-refractivity contribution is 6.31. The first kappa shape index (κ1) is 14.9. The van der Waals surface area contributed by atoms with Gasteiger partial charge in [0.2, 0.25) is 0 Å². The molecule has 2 aromatic rings. The number of anilines is 1. The summed E-state index contributed by atoms with van der Waals surface area (Å²) in [6.07, 6.45) is 0. The molecule has 0 bridgehead atoms.